The van der Waals surface area contributed by atoms with Gasteiger partial charge in [-0.15, -0.1) is 11.7 Å². The smallest absolute Gasteiger partial charge is 0.203 e. The van der Waals surface area contributed by atoms with Gasteiger partial charge in [0, 0.05) is 0 Å². The number of ether oxygens (including phenoxy) is 3. The van der Waals surface area contributed by atoms with Gasteiger partial charge in [0.25, 0.3) is 0 Å². The summed E-state index contributed by atoms with van der Waals surface area (Å²) >= 11 is 4.25. The van der Waals surface area contributed by atoms with Crippen LogP contribution < -0.4 is 14.2 Å². The number of methoxy groups -OCH3 is 2. The number of benzene rings is 2. The zero-order valence-corrected chi connectivity index (χ0v) is 16.4. The number of carbonyl (C=O) groups excluding carboxylic acids is 1. The minimum Gasteiger partial charge on any atom is -0.493 e. The number of Topliss-reactive ketones (excluding diaryl/α,β-unsaturated/α-hetero) is 1. The molecule has 0 aliphatic heterocycles. The summed E-state index contributed by atoms with van der Waals surface area (Å²) in [5, 5.41) is -0.250. The Balaban J connectivity index is 2.41. The maximum Gasteiger partial charge on any atom is 0.203 e. The van der Waals surface area contributed by atoms with Crippen molar-refractivity contribution in [2.45, 2.75) is 19.1 Å². The number of ketones is 1. The van der Waals surface area contributed by atoms with E-state index in [1.807, 2.05) is 32.0 Å². The highest BCUT2D eigenvalue weighted by atomic mass is 33.1. The summed E-state index contributed by atoms with van der Waals surface area (Å²) in [6.45, 7) is 4.00. The summed E-state index contributed by atoms with van der Waals surface area (Å²) in [6, 6.07) is 12.6. The molecule has 0 bridgehead atoms. The highest BCUT2D eigenvalue weighted by Gasteiger charge is 2.26. The van der Waals surface area contributed by atoms with Crippen LogP contribution in [0.5, 0.6) is 23.0 Å². The molecule has 0 aliphatic rings. The normalized spacial score (nSPS) is 11.9. The van der Waals surface area contributed by atoms with Crippen LogP contribution in [0.3, 0.4) is 0 Å². The molecule has 0 amide bonds. The molecule has 4 nitrogen and oxygen atoms in total. The minimum atomic E-state index is -0.250. The summed E-state index contributed by atoms with van der Waals surface area (Å²) in [7, 11) is 4.37. The molecule has 0 spiro atoms. The lowest BCUT2D eigenvalue weighted by Gasteiger charge is -2.19. The molecule has 0 aliphatic carbocycles. The molecule has 0 saturated heterocycles. The maximum absolute atomic E-state index is 12.9. The summed E-state index contributed by atoms with van der Waals surface area (Å²) in [5.74, 6) is 2.17. The summed E-state index contributed by atoms with van der Waals surface area (Å²) < 4.78 is 16.7. The zero-order valence-electron chi connectivity index (χ0n) is 14.7. The fraction of sp³-hybridized carbons (Fsp3) is 0.316. The lowest BCUT2D eigenvalue weighted by atomic mass is 10.00. The van der Waals surface area contributed by atoms with E-state index in [2.05, 4.69) is 11.7 Å². The molecule has 25 heavy (non-hydrogen) atoms. The van der Waals surface area contributed by atoms with Crippen molar-refractivity contribution in [1.29, 1.82) is 0 Å². The molecule has 6 heteroatoms. The average molecular weight is 379 g/mol. The second-order valence-electron chi connectivity index (χ2n) is 5.72. The lowest BCUT2D eigenvalue weighted by Crippen LogP contribution is -2.22. The lowest BCUT2D eigenvalue weighted by molar-refractivity contribution is 0.0974. The van der Waals surface area contributed by atoms with Crippen LogP contribution >= 0.6 is 22.5 Å². The van der Waals surface area contributed by atoms with Gasteiger partial charge >= 0.3 is 0 Å². The van der Waals surface area contributed by atoms with Gasteiger partial charge in [-0.2, -0.15) is 0 Å². The molecule has 0 fully saturated rings. The van der Waals surface area contributed by atoms with Crippen LogP contribution in [-0.2, 0) is 0 Å². The van der Waals surface area contributed by atoms with Crippen molar-refractivity contribution < 1.29 is 19.0 Å². The Labute approximate surface area is 157 Å². The van der Waals surface area contributed by atoms with Crippen molar-refractivity contribution in [3.63, 3.8) is 0 Å². The van der Waals surface area contributed by atoms with Crippen molar-refractivity contribution in [2.24, 2.45) is 5.92 Å². The highest BCUT2D eigenvalue weighted by molar-refractivity contribution is 8.69. The second kappa shape index (κ2) is 9.06. The summed E-state index contributed by atoms with van der Waals surface area (Å²) in [4.78, 5) is 12.9. The largest absolute Gasteiger partial charge is 0.493 e. The zero-order chi connectivity index (χ0) is 18.4. The number of para-hydroxylation sites is 2. The van der Waals surface area contributed by atoms with E-state index in [-0.39, 0.29) is 17.0 Å². The first kappa shape index (κ1) is 19.5. The van der Waals surface area contributed by atoms with E-state index in [9.17, 15) is 4.79 Å². The first-order valence-corrected chi connectivity index (χ1v) is 9.79. The summed E-state index contributed by atoms with van der Waals surface area (Å²) in [6.07, 6.45) is 0. The topological polar surface area (TPSA) is 44.8 Å². The monoisotopic (exact) mass is 378 g/mol. The molecule has 1 unspecified atom stereocenters. The minimum absolute atomic E-state index is 0.00698. The molecule has 0 heterocycles. The van der Waals surface area contributed by atoms with Crippen LogP contribution in [0.4, 0.5) is 0 Å². The predicted octanol–water partition coefficient (Wildman–Crippen LogP) is 5.28. The molecule has 134 valence electrons. The van der Waals surface area contributed by atoms with Gasteiger partial charge < -0.3 is 14.2 Å². The summed E-state index contributed by atoms with van der Waals surface area (Å²) in [5.41, 5.74) is 0.521. The molecule has 2 aromatic carbocycles. The molecular formula is C19H22O4S2. The van der Waals surface area contributed by atoms with E-state index >= 15 is 0 Å². The average Bonchev–Trinajstić information content (AvgIpc) is 2.62. The number of hydrogen-bond donors (Lipinski definition) is 1. The SMILES string of the molecule is COc1cccc(Oc2ccccc2C(=O)C(SS)C(C)C)c1OC. The molecule has 2 aromatic rings. The fourth-order valence-electron chi connectivity index (χ4n) is 2.44. The first-order chi connectivity index (χ1) is 12.0. The third kappa shape index (κ3) is 4.44. The van der Waals surface area contributed by atoms with E-state index < -0.39 is 0 Å². The molecule has 0 radical (unpaired) electrons. The Bertz CT molecular complexity index is 731. The number of carbonyl (C=O) groups is 1. The van der Waals surface area contributed by atoms with Gasteiger partial charge in [0.05, 0.1) is 25.0 Å². The van der Waals surface area contributed by atoms with Crippen LogP contribution in [0.25, 0.3) is 0 Å². The number of rotatable bonds is 8. The molecule has 0 saturated carbocycles. The van der Waals surface area contributed by atoms with Crippen LogP contribution in [0.15, 0.2) is 42.5 Å². The Morgan fingerprint density at radius 3 is 2.20 bits per heavy atom. The standard InChI is InChI=1S/C19H22O4S2/c1-12(2)19(25-24)17(20)13-8-5-6-9-14(13)23-16-11-7-10-15(21-3)18(16)22-4/h5-12,19,24H,1-4H3. The van der Waals surface area contributed by atoms with E-state index in [1.54, 1.807) is 38.5 Å². The van der Waals surface area contributed by atoms with Crippen LogP contribution in [0, 0.1) is 5.92 Å². The van der Waals surface area contributed by atoms with Crippen molar-refractivity contribution in [3.8, 4) is 23.0 Å². The Morgan fingerprint density at radius 2 is 1.60 bits per heavy atom. The van der Waals surface area contributed by atoms with Crippen LogP contribution in [0.2, 0.25) is 0 Å². The third-order valence-corrected chi connectivity index (χ3v) is 5.38. The van der Waals surface area contributed by atoms with Gasteiger partial charge in [0.15, 0.2) is 17.3 Å². The number of thiol groups is 1. The molecule has 0 N–H and O–H groups in total. The fourth-order valence-corrected chi connectivity index (χ4v) is 3.92. The predicted molar refractivity (Wildman–Crippen MR) is 106 cm³/mol. The molecule has 1 atom stereocenters. The van der Waals surface area contributed by atoms with Gasteiger partial charge in [-0.1, -0.05) is 42.8 Å². The van der Waals surface area contributed by atoms with Crippen molar-refractivity contribution in [3.05, 3.63) is 48.0 Å². The van der Waals surface area contributed by atoms with E-state index in [4.69, 9.17) is 14.2 Å². The van der Waals surface area contributed by atoms with Gasteiger partial charge in [0.2, 0.25) is 5.75 Å². The molecule has 0 aromatic heterocycles. The number of hydrogen-bond acceptors (Lipinski definition) is 6. The highest BCUT2D eigenvalue weighted by Crippen LogP contribution is 2.40. The quantitative estimate of drug-likeness (QED) is 0.384. The van der Waals surface area contributed by atoms with Gasteiger partial charge in [-0.25, -0.2) is 0 Å². The van der Waals surface area contributed by atoms with Crippen molar-refractivity contribution in [2.75, 3.05) is 14.2 Å². The van der Waals surface area contributed by atoms with Gasteiger partial charge in [-0.3, -0.25) is 4.79 Å². The van der Waals surface area contributed by atoms with Gasteiger partial charge in [0.1, 0.15) is 5.75 Å². The van der Waals surface area contributed by atoms with Crippen LogP contribution in [0.1, 0.15) is 24.2 Å². The van der Waals surface area contributed by atoms with Gasteiger partial charge in [-0.05, 0) is 30.2 Å². The van der Waals surface area contributed by atoms with E-state index in [0.717, 1.165) is 0 Å². The Hall–Kier alpha value is -1.79. The Morgan fingerprint density at radius 1 is 0.960 bits per heavy atom. The van der Waals surface area contributed by atoms with Crippen LogP contribution in [-0.4, -0.2) is 25.3 Å². The van der Waals surface area contributed by atoms with E-state index in [1.165, 1.54) is 10.8 Å². The van der Waals surface area contributed by atoms with Crippen molar-refractivity contribution in [1.82, 2.24) is 0 Å². The maximum atomic E-state index is 12.9. The molecule has 2 rings (SSSR count). The first-order valence-electron chi connectivity index (χ1n) is 7.85. The molecular weight excluding hydrogens is 356 g/mol. The third-order valence-electron chi connectivity index (χ3n) is 3.72. The van der Waals surface area contributed by atoms with Crippen molar-refractivity contribution >= 4 is 28.2 Å². The van der Waals surface area contributed by atoms with E-state index in [0.29, 0.717) is 28.6 Å². The Kier molecular flexibility index (Phi) is 7.08. The second-order valence-corrected chi connectivity index (χ2v) is 7.08.